The number of nitrogens with one attached hydrogen (secondary N) is 1. The predicted molar refractivity (Wildman–Crippen MR) is 73.3 cm³/mol. The number of nitro groups is 1. The summed E-state index contributed by atoms with van der Waals surface area (Å²) in [5.41, 5.74) is 1.45. The molecule has 1 saturated heterocycles. The van der Waals surface area contributed by atoms with E-state index in [1.807, 2.05) is 12.1 Å². The molecule has 0 amide bonds. The number of rotatable bonds is 3. The molecule has 0 aromatic heterocycles. The molecule has 0 radical (unpaired) electrons. The van der Waals surface area contributed by atoms with Crippen molar-refractivity contribution < 1.29 is 4.92 Å². The second-order valence-electron chi connectivity index (χ2n) is 5.25. The van der Waals surface area contributed by atoms with Crippen molar-refractivity contribution in [3.05, 3.63) is 28.3 Å². The molecule has 18 heavy (non-hydrogen) atoms. The third kappa shape index (κ3) is 2.00. The lowest BCUT2D eigenvalue weighted by Crippen LogP contribution is -2.38. The van der Waals surface area contributed by atoms with Gasteiger partial charge in [-0.2, -0.15) is 0 Å². The van der Waals surface area contributed by atoms with Crippen LogP contribution in [-0.2, 0) is 0 Å². The van der Waals surface area contributed by atoms with Gasteiger partial charge in [0.1, 0.15) is 11.4 Å². The van der Waals surface area contributed by atoms with E-state index in [1.165, 1.54) is 0 Å². The summed E-state index contributed by atoms with van der Waals surface area (Å²) in [6, 6.07) is 5.44. The van der Waals surface area contributed by atoms with Gasteiger partial charge in [-0.15, -0.1) is 0 Å². The van der Waals surface area contributed by atoms with E-state index in [0.717, 1.165) is 19.4 Å². The van der Waals surface area contributed by atoms with Gasteiger partial charge in [0.25, 0.3) is 0 Å². The molecule has 1 N–H and O–H groups in total. The van der Waals surface area contributed by atoms with Crippen molar-refractivity contribution in [2.75, 3.05) is 23.8 Å². The molecule has 1 fully saturated rings. The normalized spacial score (nSPS) is 17.8. The zero-order valence-corrected chi connectivity index (χ0v) is 11.1. The maximum Gasteiger partial charge on any atom is 0.315 e. The summed E-state index contributed by atoms with van der Waals surface area (Å²) < 4.78 is 0. The molecule has 2 rings (SSSR count). The molecule has 5 heteroatoms. The molecule has 1 aliphatic heterocycles. The van der Waals surface area contributed by atoms with Crippen LogP contribution >= 0.6 is 0 Å². The first-order valence-electron chi connectivity index (χ1n) is 6.20. The van der Waals surface area contributed by atoms with Gasteiger partial charge in [-0.1, -0.05) is 6.07 Å². The minimum Gasteiger partial charge on any atom is -0.382 e. The summed E-state index contributed by atoms with van der Waals surface area (Å²) in [5, 5.41) is 14.2. The second kappa shape index (κ2) is 4.48. The van der Waals surface area contributed by atoms with Crippen molar-refractivity contribution in [2.24, 2.45) is 0 Å². The Balaban J connectivity index is 2.54. The predicted octanol–water partition coefficient (Wildman–Crippen LogP) is 3.02. The number of nitro benzene ring substituents is 1. The number of benzene rings is 1. The Hall–Kier alpha value is -1.78. The first-order valence-corrected chi connectivity index (χ1v) is 6.20. The molecule has 98 valence electrons. The average Bonchev–Trinajstić information content (AvgIpc) is 2.67. The molecule has 1 heterocycles. The minimum absolute atomic E-state index is 0.0167. The van der Waals surface area contributed by atoms with Gasteiger partial charge in [-0.05, 0) is 38.8 Å². The molecule has 1 aromatic carbocycles. The van der Waals surface area contributed by atoms with Crippen LogP contribution in [0.15, 0.2) is 18.2 Å². The maximum atomic E-state index is 11.3. The van der Waals surface area contributed by atoms with Gasteiger partial charge in [-0.3, -0.25) is 10.1 Å². The number of hydrogen-bond donors (Lipinski definition) is 1. The first kappa shape index (κ1) is 12.7. The zero-order chi connectivity index (χ0) is 13.3. The van der Waals surface area contributed by atoms with Gasteiger partial charge in [0, 0.05) is 19.1 Å². The van der Waals surface area contributed by atoms with Gasteiger partial charge < -0.3 is 10.2 Å². The van der Waals surface area contributed by atoms with Crippen LogP contribution in [0, 0.1) is 10.1 Å². The number of hydrogen-bond acceptors (Lipinski definition) is 4. The number of anilines is 2. The summed E-state index contributed by atoms with van der Waals surface area (Å²) in [4.78, 5) is 13.2. The minimum atomic E-state index is -0.296. The van der Waals surface area contributed by atoms with Crippen LogP contribution in [0.3, 0.4) is 0 Å². The van der Waals surface area contributed by atoms with Crippen LogP contribution in [0.1, 0.15) is 26.7 Å². The Kier molecular flexibility index (Phi) is 3.15. The smallest absolute Gasteiger partial charge is 0.315 e. The monoisotopic (exact) mass is 249 g/mol. The Morgan fingerprint density at radius 2 is 2.17 bits per heavy atom. The molecule has 0 saturated carbocycles. The van der Waals surface area contributed by atoms with Crippen LogP contribution in [0.4, 0.5) is 17.1 Å². The van der Waals surface area contributed by atoms with Crippen LogP contribution in [-0.4, -0.2) is 24.1 Å². The lowest BCUT2D eigenvalue weighted by molar-refractivity contribution is -0.383. The quantitative estimate of drug-likeness (QED) is 0.660. The van der Waals surface area contributed by atoms with Crippen molar-refractivity contribution in [2.45, 2.75) is 32.2 Å². The summed E-state index contributed by atoms with van der Waals surface area (Å²) in [6.07, 6.45) is 2.14. The molecular formula is C13H19N3O2. The lowest BCUT2D eigenvalue weighted by atomic mass is 10.0. The largest absolute Gasteiger partial charge is 0.382 e. The van der Waals surface area contributed by atoms with Crippen molar-refractivity contribution in [1.29, 1.82) is 0 Å². The van der Waals surface area contributed by atoms with Crippen LogP contribution in [0.2, 0.25) is 0 Å². The fraction of sp³-hybridized carbons (Fsp3) is 0.538. The molecule has 5 nitrogen and oxygen atoms in total. The SMILES string of the molecule is CNc1cccc(N2CCCC2(C)C)c1[N+](=O)[O-]. The first-order chi connectivity index (χ1) is 8.47. The van der Waals surface area contributed by atoms with E-state index in [9.17, 15) is 10.1 Å². The zero-order valence-electron chi connectivity index (χ0n) is 11.1. The van der Waals surface area contributed by atoms with Gasteiger partial charge in [0.05, 0.1) is 4.92 Å². The van der Waals surface area contributed by atoms with Gasteiger partial charge >= 0.3 is 5.69 Å². The third-order valence-corrected chi connectivity index (χ3v) is 3.66. The highest BCUT2D eigenvalue weighted by Crippen LogP contribution is 2.41. The molecule has 0 spiro atoms. The Morgan fingerprint density at radius 3 is 2.67 bits per heavy atom. The summed E-state index contributed by atoms with van der Waals surface area (Å²) >= 11 is 0. The van der Waals surface area contributed by atoms with E-state index < -0.39 is 0 Å². The molecule has 1 aliphatic rings. The molecular weight excluding hydrogens is 230 g/mol. The van der Waals surface area contributed by atoms with Crippen LogP contribution in [0.5, 0.6) is 0 Å². The van der Waals surface area contributed by atoms with Crippen molar-refractivity contribution in [3.63, 3.8) is 0 Å². The average molecular weight is 249 g/mol. The van der Waals surface area contributed by atoms with Crippen molar-refractivity contribution >= 4 is 17.1 Å². The number of para-hydroxylation sites is 1. The summed E-state index contributed by atoms with van der Waals surface area (Å²) in [7, 11) is 1.71. The fourth-order valence-corrected chi connectivity index (χ4v) is 2.70. The highest BCUT2D eigenvalue weighted by Gasteiger charge is 2.36. The number of nitrogens with zero attached hydrogens (tertiary/aromatic N) is 2. The molecule has 0 atom stereocenters. The van der Waals surface area contributed by atoms with Crippen LogP contribution in [0.25, 0.3) is 0 Å². The molecule has 0 aliphatic carbocycles. The highest BCUT2D eigenvalue weighted by molar-refractivity contribution is 5.77. The van der Waals surface area contributed by atoms with E-state index >= 15 is 0 Å². The molecule has 0 bridgehead atoms. The third-order valence-electron chi connectivity index (χ3n) is 3.66. The van der Waals surface area contributed by atoms with E-state index in [4.69, 9.17) is 0 Å². The molecule has 0 unspecified atom stereocenters. The van der Waals surface area contributed by atoms with E-state index in [0.29, 0.717) is 11.4 Å². The Bertz CT molecular complexity index is 471. The van der Waals surface area contributed by atoms with Gasteiger partial charge in [0.15, 0.2) is 0 Å². The standard InChI is InChI=1S/C13H19N3O2/c1-13(2)8-5-9-15(13)11-7-4-6-10(14-3)12(11)16(17)18/h4,6-7,14H,5,8-9H2,1-3H3. The van der Waals surface area contributed by atoms with E-state index in [-0.39, 0.29) is 16.1 Å². The summed E-state index contributed by atoms with van der Waals surface area (Å²) in [6.45, 7) is 5.15. The Morgan fingerprint density at radius 1 is 1.44 bits per heavy atom. The van der Waals surface area contributed by atoms with E-state index in [1.54, 1.807) is 13.1 Å². The lowest BCUT2D eigenvalue weighted by Gasteiger charge is -2.33. The van der Waals surface area contributed by atoms with E-state index in [2.05, 4.69) is 24.1 Å². The highest BCUT2D eigenvalue weighted by atomic mass is 16.6. The van der Waals surface area contributed by atoms with Gasteiger partial charge in [-0.25, -0.2) is 0 Å². The van der Waals surface area contributed by atoms with Crippen molar-refractivity contribution in [1.82, 2.24) is 0 Å². The second-order valence-corrected chi connectivity index (χ2v) is 5.25. The topological polar surface area (TPSA) is 58.4 Å². The van der Waals surface area contributed by atoms with Crippen molar-refractivity contribution in [3.8, 4) is 0 Å². The maximum absolute atomic E-state index is 11.3. The Labute approximate surface area is 107 Å². The van der Waals surface area contributed by atoms with Crippen LogP contribution < -0.4 is 10.2 Å². The molecule has 1 aromatic rings. The summed E-state index contributed by atoms with van der Waals surface area (Å²) in [5.74, 6) is 0. The van der Waals surface area contributed by atoms with Gasteiger partial charge in [0.2, 0.25) is 0 Å². The fourth-order valence-electron chi connectivity index (χ4n) is 2.70.